The van der Waals surface area contributed by atoms with Gasteiger partial charge in [-0.3, -0.25) is 9.36 Å². The van der Waals surface area contributed by atoms with E-state index in [9.17, 15) is 9.90 Å². The van der Waals surface area contributed by atoms with Gasteiger partial charge in [0.1, 0.15) is 0 Å². The Morgan fingerprint density at radius 3 is 2.19 bits per heavy atom. The molecular formula is C22H18N2O2. The van der Waals surface area contributed by atoms with Crippen LogP contribution >= 0.6 is 0 Å². The summed E-state index contributed by atoms with van der Waals surface area (Å²) in [5.41, 5.74) is 3.17. The molecule has 3 aromatic carbocycles. The lowest BCUT2D eigenvalue weighted by Crippen LogP contribution is -2.32. The molecular weight excluding hydrogens is 324 g/mol. The van der Waals surface area contributed by atoms with Crippen LogP contribution in [0.25, 0.3) is 22.2 Å². The molecule has 26 heavy (non-hydrogen) atoms. The Balaban J connectivity index is 1.76. The molecule has 0 radical (unpaired) electrons. The van der Waals surface area contributed by atoms with Crippen molar-refractivity contribution in [1.82, 2.24) is 9.88 Å². The van der Waals surface area contributed by atoms with Crippen LogP contribution in [0.2, 0.25) is 0 Å². The van der Waals surface area contributed by atoms with Crippen LogP contribution in [0.3, 0.4) is 0 Å². The topological polar surface area (TPSA) is 54.3 Å². The van der Waals surface area contributed by atoms with Crippen molar-refractivity contribution in [3.63, 3.8) is 0 Å². The summed E-state index contributed by atoms with van der Waals surface area (Å²) >= 11 is 0. The van der Waals surface area contributed by atoms with Crippen molar-refractivity contribution in [2.45, 2.75) is 6.35 Å². The summed E-state index contributed by atoms with van der Waals surface area (Å²) in [4.78, 5) is 12.4. The summed E-state index contributed by atoms with van der Waals surface area (Å²) < 4.78 is 1.74. The maximum atomic E-state index is 12.4. The second kappa shape index (κ2) is 6.86. The van der Waals surface area contributed by atoms with Crippen molar-refractivity contribution in [1.29, 1.82) is 0 Å². The first kappa shape index (κ1) is 16.1. The summed E-state index contributed by atoms with van der Waals surface area (Å²) in [6.45, 7) is 0. The maximum Gasteiger partial charge on any atom is 0.254 e. The minimum absolute atomic E-state index is 0.324. The van der Waals surface area contributed by atoms with E-state index in [2.05, 4.69) is 5.32 Å². The molecule has 2 N–H and O–H groups in total. The van der Waals surface area contributed by atoms with Gasteiger partial charge >= 0.3 is 0 Å². The van der Waals surface area contributed by atoms with Gasteiger partial charge in [-0.2, -0.15) is 0 Å². The van der Waals surface area contributed by atoms with Gasteiger partial charge in [0.05, 0.1) is 11.2 Å². The summed E-state index contributed by atoms with van der Waals surface area (Å²) in [5.74, 6) is -0.324. The molecule has 128 valence electrons. The van der Waals surface area contributed by atoms with Crippen molar-refractivity contribution in [3.8, 4) is 11.3 Å². The molecule has 4 heteroatoms. The lowest BCUT2D eigenvalue weighted by Gasteiger charge is -2.19. The lowest BCUT2D eigenvalue weighted by atomic mass is 10.1. The van der Waals surface area contributed by atoms with Crippen LogP contribution in [-0.4, -0.2) is 15.6 Å². The molecule has 0 aliphatic rings. The first-order valence-electron chi connectivity index (χ1n) is 8.43. The molecule has 1 amide bonds. The van der Waals surface area contributed by atoms with E-state index in [0.717, 1.165) is 22.2 Å². The molecule has 0 fully saturated rings. The van der Waals surface area contributed by atoms with Crippen LogP contribution in [0.1, 0.15) is 16.7 Å². The van der Waals surface area contributed by atoms with Crippen molar-refractivity contribution >= 4 is 16.8 Å². The molecule has 1 heterocycles. The summed E-state index contributed by atoms with van der Waals surface area (Å²) in [6, 6.07) is 28.5. The van der Waals surface area contributed by atoms with Gasteiger partial charge < -0.3 is 10.4 Å². The number of nitrogens with zero attached hydrogens (tertiary/aromatic N) is 1. The number of aliphatic hydroxyl groups is 1. The molecule has 4 nitrogen and oxygen atoms in total. The van der Waals surface area contributed by atoms with E-state index in [0.29, 0.717) is 5.56 Å². The monoisotopic (exact) mass is 342 g/mol. The highest BCUT2D eigenvalue weighted by Gasteiger charge is 2.19. The van der Waals surface area contributed by atoms with Crippen LogP contribution in [0.4, 0.5) is 0 Å². The second-order valence-corrected chi connectivity index (χ2v) is 6.04. The van der Waals surface area contributed by atoms with Crippen LogP contribution < -0.4 is 5.32 Å². The number of fused-ring (bicyclic) bond motifs is 1. The SMILES string of the molecule is O=C(NC(O)n1c(-c2ccccc2)cc2ccccc21)c1ccccc1. The minimum atomic E-state index is -1.18. The second-order valence-electron chi connectivity index (χ2n) is 6.04. The lowest BCUT2D eigenvalue weighted by molar-refractivity contribution is 0.0560. The maximum absolute atomic E-state index is 12.4. The molecule has 4 rings (SSSR count). The number of carbonyl (C=O) groups is 1. The Hall–Kier alpha value is -3.37. The number of nitrogens with one attached hydrogen (secondary N) is 1. The Bertz CT molecular complexity index is 1040. The summed E-state index contributed by atoms with van der Waals surface area (Å²) in [6.07, 6.45) is -1.18. The first-order chi connectivity index (χ1) is 12.7. The van der Waals surface area contributed by atoms with Crippen LogP contribution in [0.5, 0.6) is 0 Å². The third-order valence-corrected chi connectivity index (χ3v) is 4.36. The van der Waals surface area contributed by atoms with Gasteiger partial charge in [0.15, 0.2) is 0 Å². The van der Waals surface area contributed by atoms with Crippen LogP contribution in [-0.2, 0) is 0 Å². The number of benzene rings is 3. The standard InChI is InChI=1S/C22H18N2O2/c25-21(17-11-5-2-6-12-17)23-22(26)24-19-14-8-7-13-18(19)15-20(24)16-9-3-1-4-10-16/h1-15,22,26H,(H,23,25). The molecule has 1 aromatic heterocycles. The highest BCUT2D eigenvalue weighted by molar-refractivity contribution is 5.94. The fourth-order valence-corrected chi connectivity index (χ4v) is 3.13. The third kappa shape index (κ3) is 2.98. The number of para-hydroxylation sites is 1. The predicted molar refractivity (Wildman–Crippen MR) is 103 cm³/mol. The van der Waals surface area contributed by atoms with Crippen LogP contribution in [0.15, 0.2) is 91.0 Å². The largest absolute Gasteiger partial charge is 0.356 e. The highest BCUT2D eigenvalue weighted by atomic mass is 16.3. The van der Waals surface area contributed by atoms with Gasteiger partial charge in [-0.1, -0.05) is 66.7 Å². The van der Waals surface area contributed by atoms with Crippen LogP contribution in [0, 0.1) is 0 Å². The molecule has 1 atom stereocenters. The molecule has 0 saturated heterocycles. The van der Waals surface area contributed by atoms with E-state index in [-0.39, 0.29) is 5.91 Å². The zero-order valence-electron chi connectivity index (χ0n) is 14.0. The number of rotatable bonds is 4. The van der Waals surface area contributed by atoms with Gasteiger partial charge in [-0.05, 0) is 29.8 Å². The number of aliphatic hydroxyl groups excluding tert-OH is 1. The Kier molecular flexibility index (Phi) is 4.25. The van der Waals surface area contributed by atoms with Gasteiger partial charge in [0.2, 0.25) is 6.35 Å². The van der Waals surface area contributed by atoms with Crippen molar-refractivity contribution < 1.29 is 9.90 Å². The quantitative estimate of drug-likeness (QED) is 0.547. The zero-order valence-corrected chi connectivity index (χ0v) is 14.0. The average molecular weight is 342 g/mol. The van der Waals surface area contributed by atoms with Gasteiger partial charge in [0, 0.05) is 10.9 Å². The van der Waals surface area contributed by atoms with Gasteiger partial charge in [-0.25, -0.2) is 0 Å². The molecule has 4 aromatic rings. The predicted octanol–water partition coefficient (Wildman–Crippen LogP) is 4.19. The molecule has 0 aliphatic carbocycles. The molecule has 0 spiro atoms. The highest BCUT2D eigenvalue weighted by Crippen LogP contribution is 2.30. The molecule has 1 unspecified atom stereocenters. The van der Waals surface area contributed by atoms with E-state index < -0.39 is 6.35 Å². The van der Waals surface area contributed by atoms with Gasteiger partial charge in [0.25, 0.3) is 5.91 Å². The Morgan fingerprint density at radius 2 is 1.46 bits per heavy atom. The van der Waals surface area contributed by atoms with E-state index in [1.807, 2.05) is 66.7 Å². The number of aromatic nitrogens is 1. The van der Waals surface area contributed by atoms with E-state index in [4.69, 9.17) is 0 Å². The number of hydrogen-bond donors (Lipinski definition) is 2. The number of carbonyl (C=O) groups excluding carboxylic acids is 1. The summed E-state index contributed by atoms with van der Waals surface area (Å²) in [7, 11) is 0. The number of hydrogen-bond acceptors (Lipinski definition) is 2. The first-order valence-corrected chi connectivity index (χ1v) is 8.43. The van der Waals surface area contributed by atoms with E-state index in [1.165, 1.54) is 0 Å². The zero-order chi connectivity index (χ0) is 17.9. The normalized spacial score (nSPS) is 12.0. The molecule has 0 aliphatic heterocycles. The molecule has 0 saturated carbocycles. The summed E-state index contributed by atoms with van der Waals surface area (Å²) in [5, 5.41) is 14.5. The average Bonchev–Trinajstić information content (AvgIpc) is 3.09. The van der Waals surface area contributed by atoms with E-state index >= 15 is 0 Å². The fourth-order valence-electron chi connectivity index (χ4n) is 3.13. The Morgan fingerprint density at radius 1 is 0.846 bits per heavy atom. The Labute approximate surface area is 151 Å². The van der Waals surface area contributed by atoms with Crippen molar-refractivity contribution in [2.24, 2.45) is 0 Å². The fraction of sp³-hybridized carbons (Fsp3) is 0.0455. The smallest absolute Gasteiger partial charge is 0.254 e. The van der Waals surface area contributed by atoms with Crippen molar-refractivity contribution in [2.75, 3.05) is 0 Å². The third-order valence-electron chi connectivity index (χ3n) is 4.36. The van der Waals surface area contributed by atoms with Crippen molar-refractivity contribution in [3.05, 3.63) is 96.6 Å². The minimum Gasteiger partial charge on any atom is -0.356 e. The molecule has 0 bridgehead atoms. The van der Waals surface area contributed by atoms with E-state index in [1.54, 1.807) is 28.8 Å². The van der Waals surface area contributed by atoms with Gasteiger partial charge in [-0.15, -0.1) is 0 Å². The number of amides is 1.